The van der Waals surface area contributed by atoms with Crippen LogP contribution in [0.3, 0.4) is 0 Å². The first-order valence-corrected chi connectivity index (χ1v) is 35.4. The number of rotatable bonds is 31. The number of aromatic amines is 1. The fraction of sp³-hybridized carbons (Fsp3) is 0.472. The van der Waals surface area contributed by atoms with E-state index in [1.807, 2.05) is 18.2 Å². The van der Waals surface area contributed by atoms with Crippen molar-refractivity contribution in [3.05, 3.63) is 132 Å². The number of para-hydroxylation sites is 1. The zero-order valence-corrected chi connectivity index (χ0v) is 59.1. The van der Waals surface area contributed by atoms with E-state index in [1.54, 1.807) is 61.7 Å². The van der Waals surface area contributed by atoms with Gasteiger partial charge in [-0.2, -0.15) is 0 Å². The predicted octanol–water partition coefficient (Wildman–Crippen LogP) is -2.13. The second-order valence-corrected chi connectivity index (χ2v) is 26.0. The third-order valence-corrected chi connectivity index (χ3v) is 17.6. The number of phenols is 1. The van der Waals surface area contributed by atoms with E-state index in [0.29, 0.717) is 54.5 Å². The Kier molecular flexibility index (Phi) is 34.1. The number of amides is 12. The monoisotopic (exact) mass is 1460 g/mol. The molecule has 5 aromatic rings. The molecule has 12 amide bonds. The number of benzene rings is 3. The topological polar surface area (TPSA) is 546 Å². The molecule has 6 rings (SSSR count). The number of carbonyl (C=O) groups excluding carboxylic acids is 12. The number of aromatic nitrogens is 2. The lowest BCUT2D eigenvalue weighted by molar-refractivity contribution is -0.136. The summed E-state index contributed by atoms with van der Waals surface area (Å²) >= 11 is 0. The molecule has 0 aliphatic carbocycles. The minimum Gasteiger partial charge on any atom is -0.508 e. The Morgan fingerprint density at radius 2 is 1.20 bits per heavy atom. The summed E-state index contributed by atoms with van der Waals surface area (Å²) in [7, 11) is 0. The molecule has 1 aliphatic heterocycles. The van der Waals surface area contributed by atoms with Gasteiger partial charge in [-0.3, -0.25) is 67.9 Å². The highest BCUT2D eigenvalue weighted by Gasteiger charge is 2.37. The van der Waals surface area contributed by atoms with Crippen LogP contribution < -0.4 is 86.7 Å². The van der Waals surface area contributed by atoms with Gasteiger partial charge in [-0.05, 0) is 124 Å². The van der Waals surface area contributed by atoms with E-state index >= 15 is 14.4 Å². The molecular formula is C72H101N19O14. The van der Waals surface area contributed by atoms with E-state index in [0.717, 1.165) is 10.9 Å². The van der Waals surface area contributed by atoms with Crippen LogP contribution in [0.5, 0.6) is 5.75 Å². The van der Waals surface area contributed by atoms with Crippen LogP contribution in [-0.4, -0.2) is 190 Å². The lowest BCUT2D eigenvalue weighted by Gasteiger charge is -2.28. The number of unbranched alkanes of at least 4 members (excludes halogenated alkanes) is 2. The van der Waals surface area contributed by atoms with Gasteiger partial charge in [0.2, 0.25) is 70.9 Å². The molecule has 3 heterocycles. The molecule has 0 bridgehead atoms. The fourth-order valence-electron chi connectivity index (χ4n) is 11.6. The van der Waals surface area contributed by atoms with Crippen LogP contribution in [0.15, 0.2) is 110 Å². The molecule has 1 aliphatic rings. The van der Waals surface area contributed by atoms with Crippen LogP contribution in [0.25, 0.3) is 10.9 Å². The number of hydrogen-bond acceptors (Lipinski definition) is 18. The Balaban J connectivity index is 1.33. The number of fused-ring (bicyclic) bond motifs is 1. The van der Waals surface area contributed by atoms with E-state index in [1.165, 1.54) is 43.6 Å². The van der Waals surface area contributed by atoms with Gasteiger partial charge in [0.25, 0.3) is 0 Å². The van der Waals surface area contributed by atoms with Crippen molar-refractivity contribution >= 4 is 87.7 Å². The summed E-state index contributed by atoms with van der Waals surface area (Å²) in [5.41, 5.74) is 25.7. The lowest BCUT2D eigenvalue weighted by atomic mass is 10.0. The highest BCUT2D eigenvalue weighted by Crippen LogP contribution is 2.21. The second kappa shape index (κ2) is 43.1. The maximum Gasteiger partial charge on any atom is 0.245 e. The van der Waals surface area contributed by atoms with Crippen molar-refractivity contribution in [3.8, 4) is 5.75 Å². The second-order valence-electron chi connectivity index (χ2n) is 26.0. The number of pyridine rings is 1. The van der Waals surface area contributed by atoms with Gasteiger partial charge in [-0.15, -0.1) is 0 Å². The van der Waals surface area contributed by atoms with Crippen molar-refractivity contribution in [1.29, 1.82) is 5.41 Å². The number of nitrogens with zero attached hydrogens (tertiary/aromatic N) is 1. The van der Waals surface area contributed by atoms with Crippen LogP contribution in [0.4, 0.5) is 0 Å². The summed E-state index contributed by atoms with van der Waals surface area (Å²) in [5.74, 6) is -10.9. The summed E-state index contributed by atoms with van der Waals surface area (Å²) in [4.78, 5) is 179. The predicted molar refractivity (Wildman–Crippen MR) is 389 cm³/mol. The highest BCUT2D eigenvalue weighted by molar-refractivity contribution is 6.00. The maximum absolute atomic E-state index is 15.1. The van der Waals surface area contributed by atoms with Gasteiger partial charge >= 0.3 is 0 Å². The Hall–Kier alpha value is -11.1. The van der Waals surface area contributed by atoms with E-state index in [4.69, 9.17) is 28.3 Å². The molecule has 0 saturated carbocycles. The van der Waals surface area contributed by atoms with Crippen LogP contribution in [-0.2, 0) is 83.2 Å². The van der Waals surface area contributed by atoms with Crippen molar-refractivity contribution in [2.75, 3.05) is 26.2 Å². The molecule has 3 aromatic carbocycles. The van der Waals surface area contributed by atoms with Crippen LogP contribution >= 0.6 is 0 Å². The standard InChI is InChI=1S/C72H101N19O14/c1-3-4-20-51(85-71(105)59(41-92)91-69(103)56(36-44-25-27-47(93)28-26-44)87-64(98)52(23-10-12-31-73)83-62(96)42(2)74)63(97)86-54-29-30-60(94)79-33-13-11-22-50(61(75)95)82-70(104)58(38-46-40-81-49-21-9-8-19-48(46)49)90-65(99)53(24-15-34-80-72(76)77)84-67(101)55(35-43-16-6-5-7-17-43)89-68(102)57(88-66(54)100)37-45-18-14-32-78-39-45/h5-9,14,16-19,21,25-28,32,39-40,42,50-59,81,92-93H,3-4,10-13,15,20,22-24,29-31,33-38,41,73-74H2,1-2H3,(H2,75,95)(H,79,94)(H,82,104)(H,83,96)(H,84,101)(H,85,105)(H,86,97)(H,87,98)(H,88,100)(H,89,102)(H,90,99)(H,91,103)(H4,76,77,80)/t42-,50-,51-,52-,53-,54-,55+,56-,57-,58-,59-/m0/s1. The van der Waals surface area contributed by atoms with Crippen LogP contribution in [0.1, 0.15) is 120 Å². The molecule has 11 atom stereocenters. The molecule has 568 valence electrons. The van der Waals surface area contributed by atoms with Gasteiger partial charge < -0.3 is 102 Å². The molecule has 24 N–H and O–H groups in total. The zero-order chi connectivity index (χ0) is 76.4. The first-order chi connectivity index (χ1) is 50.4. The molecular weight excluding hydrogens is 1350 g/mol. The van der Waals surface area contributed by atoms with Crippen molar-refractivity contribution in [2.45, 2.75) is 189 Å². The Bertz CT molecular complexity index is 3730. The van der Waals surface area contributed by atoms with Crippen molar-refractivity contribution < 1.29 is 67.7 Å². The number of guanidine groups is 1. The smallest absolute Gasteiger partial charge is 0.245 e. The molecule has 105 heavy (non-hydrogen) atoms. The number of aliphatic hydroxyl groups excluding tert-OH is 1. The number of primary amides is 1. The zero-order valence-electron chi connectivity index (χ0n) is 59.1. The van der Waals surface area contributed by atoms with Crippen LogP contribution in [0, 0.1) is 5.41 Å². The van der Waals surface area contributed by atoms with E-state index < -0.39 is 157 Å². The van der Waals surface area contributed by atoms with Gasteiger partial charge in [-0.1, -0.05) is 86.5 Å². The quantitative estimate of drug-likeness (QED) is 0.0128. The molecule has 2 aromatic heterocycles. The summed E-state index contributed by atoms with van der Waals surface area (Å²) in [6.07, 6.45) is 5.16. The summed E-state index contributed by atoms with van der Waals surface area (Å²) in [5, 5.41) is 61.3. The number of nitrogens with two attached hydrogens (primary N) is 4. The fourth-order valence-corrected chi connectivity index (χ4v) is 11.6. The first kappa shape index (κ1) is 82.9. The van der Waals surface area contributed by atoms with Gasteiger partial charge in [0.15, 0.2) is 5.96 Å². The lowest BCUT2D eigenvalue weighted by Crippen LogP contribution is -2.61. The molecule has 1 fully saturated rings. The van der Waals surface area contributed by atoms with Crippen LogP contribution in [0.2, 0.25) is 0 Å². The minimum atomic E-state index is -1.78. The summed E-state index contributed by atoms with van der Waals surface area (Å²) < 4.78 is 0. The van der Waals surface area contributed by atoms with Gasteiger partial charge in [0, 0.05) is 74.7 Å². The minimum absolute atomic E-state index is 0.00940. The SMILES string of the molecule is CCCC[C@H](NC(=O)[C@H](CO)NC(=O)[C@H](Cc1ccc(O)cc1)NC(=O)[C@H](CCCCN)NC(=O)[C@H](C)N)C(=O)N[C@H]1CCC(=O)NCCCC[C@@H](C(N)=O)NC(=O)[C@H](Cc2c[nH]c3ccccc23)NC(=O)[C@H](CCCNC(=N)N)NC(=O)[C@@H](Cc2ccccc2)NC(=O)[C@H](Cc2cccnc2)NC1=O. The molecule has 0 radical (unpaired) electrons. The number of aliphatic hydroxyl groups is 1. The van der Waals surface area contributed by atoms with Crippen molar-refractivity contribution in [1.82, 2.24) is 73.8 Å². The van der Waals surface area contributed by atoms with Gasteiger partial charge in [-0.25, -0.2) is 0 Å². The van der Waals surface area contributed by atoms with E-state index in [-0.39, 0.29) is 95.4 Å². The average Bonchev–Trinajstić information content (AvgIpc) is 1.72. The summed E-state index contributed by atoms with van der Waals surface area (Å²) in [6, 6.07) is 8.96. The number of carbonyl (C=O) groups is 12. The normalized spacial score (nSPS) is 19.6. The molecule has 0 spiro atoms. The Morgan fingerprint density at radius 3 is 1.86 bits per heavy atom. The third-order valence-electron chi connectivity index (χ3n) is 17.6. The number of phenolic OH excluding ortho intramolecular Hbond substituents is 1. The number of hydrogen-bond donors (Lipinski definition) is 20. The Labute approximate surface area is 608 Å². The largest absolute Gasteiger partial charge is 0.508 e. The molecule has 1 saturated heterocycles. The van der Waals surface area contributed by atoms with Crippen molar-refractivity contribution in [3.63, 3.8) is 0 Å². The molecule has 33 heteroatoms. The first-order valence-electron chi connectivity index (χ1n) is 35.4. The Morgan fingerprint density at radius 1 is 0.619 bits per heavy atom. The van der Waals surface area contributed by atoms with Crippen molar-refractivity contribution in [2.24, 2.45) is 22.9 Å². The molecule has 0 unspecified atom stereocenters. The summed E-state index contributed by atoms with van der Waals surface area (Å²) in [6.45, 7) is 2.58. The average molecular weight is 1460 g/mol. The number of nitrogens with one attached hydrogen (secondary N) is 14. The van der Waals surface area contributed by atoms with Gasteiger partial charge in [0.05, 0.1) is 12.6 Å². The maximum atomic E-state index is 15.1. The van der Waals surface area contributed by atoms with E-state index in [9.17, 15) is 53.4 Å². The van der Waals surface area contributed by atoms with Gasteiger partial charge in [0.1, 0.15) is 66.2 Å². The number of H-pyrrole nitrogens is 1. The molecule has 33 nitrogen and oxygen atoms in total. The van der Waals surface area contributed by atoms with E-state index in [2.05, 4.69) is 73.8 Å². The third kappa shape index (κ3) is 27.9. The number of aromatic hydroxyl groups is 1. The highest BCUT2D eigenvalue weighted by atomic mass is 16.3.